The summed E-state index contributed by atoms with van der Waals surface area (Å²) in [5.41, 5.74) is 4.67. The molecular formula is C21H22ClNO2. The van der Waals surface area contributed by atoms with Gasteiger partial charge in [0.25, 0.3) is 0 Å². The van der Waals surface area contributed by atoms with E-state index >= 15 is 0 Å². The van der Waals surface area contributed by atoms with Crippen molar-refractivity contribution >= 4 is 29.1 Å². The number of halogens is 1. The third-order valence-electron chi connectivity index (χ3n) is 6.91. The second-order valence-corrected chi connectivity index (χ2v) is 8.45. The van der Waals surface area contributed by atoms with Crippen LogP contribution in [-0.2, 0) is 9.59 Å². The number of hydrogen-bond acceptors (Lipinski definition) is 2. The third-order valence-corrected chi connectivity index (χ3v) is 7.32. The molecular weight excluding hydrogens is 334 g/mol. The van der Waals surface area contributed by atoms with Crippen LogP contribution in [0.1, 0.15) is 44.1 Å². The predicted octanol–water partition coefficient (Wildman–Crippen LogP) is 4.66. The molecule has 3 nitrogen and oxygen atoms in total. The number of allylic oxidation sites excluding steroid dienone is 2. The quantitative estimate of drug-likeness (QED) is 0.542. The Morgan fingerprint density at radius 1 is 0.960 bits per heavy atom. The van der Waals surface area contributed by atoms with Gasteiger partial charge < -0.3 is 0 Å². The van der Waals surface area contributed by atoms with Gasteiger partial charge in [-0.2, -0.15) is 0 Å². The number of amides is 2. The van der Waals surface area contributed by atoms with Crippen molar-refractivity contribution in [2.75, 3.05) is 4.90 Å². The van der Waals surface area contributed by atoms with Crippen molar-refractivity contribution in [1.29, 1.82) is 0 Å². The van der Waals surface area contributed by atoms with E-state index in [-0.39, 0.29) is 23.7 Å². The molecule has 0 spiro atoms. The van der Waals surface area contributed by atoms with Crippen molar-refractivity contribution in [3.05, 3.63) is 39.9 Å². The van der Waals surface area contributed by atoms with Crippen LogP contribution in [0.3, 0.4) is 0 Å². The lowest BCUT2D eigenvalue weighted by Crippen LogP contribution is -2.35. The van der Waals surface area contributed by atoms with E-state index in [4.69, 9.17) is 11.6 Å². The highest BCUT2D eigenvalue weighted by atomic mass is 35.5. The number of carbonyl (C=O) groups excluding carboxylic acids is 2. The molecule has 1 aromatic rings. The number of benzene rings is 1. The van der Waals surface area contributed by atoms with Crippen molar-refractivity contribution in [3.63, 3.8) is 0 Å². The average molecular weight is 356 g/mol. The zero-order valence-electron chi connectivity index (χ0n) is 14.4. The topological polar surface area (TPSA) is 37.4 Å². The van der Waals surface area contributed by atoms with Gasteiger partial charge in [-0.25, -0.2) is 4.90 Å². The summed E-state index contributed by atoms with van der Waals surface area (Å²) in [4.78, 5) is 28.1. The minimum Gasteiger partial charge on any atom is -0.274 e. The van der Waals surface area contributed by atoms with Crippen LogP contribution >= 0.6 is 11.6 Å². The van der Waals surface area contributed by atoms with Crippen LogP contribution in [0, 0.1) is 30.6 Å². The summed E-state index contributed by atoms with van der Waals surface area (Å²) in [7, 11) is 0. The molecule has 2 amide bonds. The average Bonchev–Trinajstić information content (AvgIpc) is 3.28. The highest BCUT2D eigenvalue weighted by Crippen LogP contribution is 2.57. The van der Waals surface area contributed by atoms with Gasteiger partial charge in [0.05, 0.1) is 17.5 Å². The van der Waals surface area contributed by atoms with Gasteiger partial charge >= 0.3 is 0 Å². The number of hydrogen-bond donors (Lipinski definition) is 0. The summed E-state index contributed by atoms with van der Waals surface area (Å²) < 4.78 is 0. The molecule has 1 saturated heterocycles. The minimum atomic E-state index is -0.142. The minimum absolute atomic E-state index is 0.00488. The Hall–Kier alpha value is -1.61. The molecule has 0 radical (unpaired) electrons. The normalized spacial score (nSPS) is 33.8. The number of fused-ring (bicyclic) bond motifs is 5. The summed E-state index contributed by atoms with van der Waals surface area (Å²) in [5, 5.41) is 0.606. The molecule has 3 fully saturated rings. The summed E-state index contributed by atoms with van der Waals surface area (Å²) in [6.45, 7) is 1.93. The molecule has 1 aromatic carbocycles. The van der Waals surface area contributed by atoms with Gasteiger partial charge in [-0.1, -0.05) is 28.8 Å². The van der Waals surface area contributed by atoms with E-state index in [0.717, 1.165) is 44.1 Å². The van der Waals surface area contributed by atoms with E-state index in [2.05, 4.69) is 0 Å². The van der Waals surface area contributed by atoms with Crippen molar-refractivity contribution in [3.8, 4) is 0 Å². The Morgan fingerprint density at radius 2 is 1.52 bits per heavy atom. The summed E-state index contributed by atoms with van der Waals surface area (Å²) in [5.74, 6) is 0.331. The first kappa shape index (κ1) is 15.6. The molecule has 1 aliphatic heterocycles. The smallest absolute Gasteiger partial charge is 0.238 e. The number of rotatable bonds is 1. The summed E-state index contributed by atoms with van der Waals surface area (Å²) >= 11 is 6.26. The van der Waals surface area contributed by atoms with Crippen LogP contribution in [-0.4, -0.2) is 11.8 Å². The lowest BCUT2D eigenvalue weighted by molar-refractivity contribution is -0.122. The van der Waals surface area contributed by atoms with E-state index in [1.807, 2.05) is 19.1 Å². The summed E-state index contributed by atoms with van der Waals surface area (Å²) in [6, 6.07) is 5.51. The van der Waals surface area contributed by atoms with E-state index < -0.39 is 0 Å². The SMILES string of the molecule is Cc1ccc(N2C(=O)[C@H]3[C@H](C2=O)[C@H]2CCCC2=C2CCC[C@H]23)cc1Cl. The number of carbonyl (C=O) groups is 2. The van der Waals surface area contributed by atoms with Crippen molar-refractivity contribution in [1.82, 2.24) is 0 Å². The second kappa shape index (κ2) is 5.44. The Labute approximate surface area is 153 Å². The highest BCUT2D eigenvalue weighted by molar-refractivity contribution is 6.32. The van der Waals surface area contributed by atoms with Gasteiger partial charge in [0.1, 0.15) is 0 Å². The molecule has 0 bridgehead atoms. The largest absolute Gasteiger partial charge is 0.274 e. The van der Waals surface area contributed by atoms with Crippen LogP contribution < -0.4 is 4.90 Å². The van der Waals surface area contributed by atoms with E-state index in [9.17, 15) is 9.59 Å². The lowest BCUT2D eigenvalue weighted by Gasteiger charge is -2.34. The number of aryl methyl sites for hydroxylation is 1. The van der Waals surface area contributed by atoms with Gasteiger partial charge in [0, 0.05) is 5.02 Å². The van der Waals surface area contributed by atoms with Gasteiger partial charge in [-0.15, -0.1) is 0 Å². The Bertz CT molecular complexity index is 785. The first-order valence-corrected chi connectivity index (χ1v) is 9.81. The number of imide groups is 1. The Balaban J connectivity index is 1.60. The molecule has 2 saturated carbocycles. The molecule has 5 rings (SSSR count). The molecule has 4 atom stereocenters. The highest BCUT2D eigenvalue weighted by Gasteiger charge is 2.59. The number of anilines is 1. The second-order valence-electron chi connectivity index (χ2n) is 8.04. The van der Waals surface area contributed by atoms with Crippen molar-refractivity contribution in [2.24, 2.45) is 23.7 Å². The standard InChI is InChI=1S/C21H22ClNO2/c1-11-8-9-12(10-17(11)22)23-20(24)18-15-6-2-4-13(15)14-5-3-7-16(14)19(18)21(23)25/h8-10,15-16,18-19H,2-7H2,1H3/t15-,16+,18-,19-/m1/s1. The van der Waals surface area contributed by atoms with E-state index in [1.165, 1.54) is 16.0 Å². The van der Waals surface area contributed by atoms with Crippen molar-refractivity contribution < 1.29 is 9.59 Å². The predicted molar refractivity (Wildman–Crippen MR) is 97.4 cm³/mol. The van der Waals surface area contributed by atoms with Gasteiger partial charge in [0.2, 0.25) is 11.8 Å². The molecule has 0 unspecified atom stereocenters. The van der Waals surface area contributed by atoms with Crippen LogP contribution in [0.5, 0.6) is 0 Å². The fourth-order valence-corrected chi connectivity index (χ4v) is 6.04. The summed E-state index contributed by atoms with van der Waals surface area (Å²) in [6.07, 6.45) is 6.73. The molecule has 1 heterocycles. The fourth-order valence-electron chi connectivity index (χ4n) is 5.87. The van der Waals surface area contributed by atoms with Crippen LogP contribution in [0.4, 0.5) is 5.69 Å². The molecule has 130 valence electrons. The molecule has 0 N–H and O–H groups in total. The zero-order chi connectivity index (χ0) is 17.3. The maximum atomic E-state index is 13.3. The van der Waals surface area contributed by atoms with Crippen LogP contribution in [0.2, 0.25) is 5.02 Å². The van der Waals surface area contributed by atoms with Gasteiger partial charge in [-0.05, 0) is 75.0 Å². The monoisotopic (exact) mass is 355 g/mol. The molecule has 0 aromatic heterocycles. The van der Waals surface area contributed by atoms with Crippen LogP contribution in [0.25, 0.3) is 0 Å². The Morgan fingerprint density at radius 3 is 2.04 bits per heavy atom. The first-order valence-electron chi connectivity index (χ1n) is 9.43. The number of nitrogens with zero attached hydrogens (tertiary/aromatic N) is 1. The zero-order valence-corrected chi connectivity index (χ0v) is 15.2. The van der Waals surface area contributed by atoms with Gasteiger partial charge in [0.15, 0.2) is 0 Å². The van der Waals surface area contributed by atoms with Gasteiger partial charge in [-0.3, -0.25) is 9.59 Å². The Kier molecular flexibility index (Phi) is 3.40. The van der Waals surface area contributed by atoms with E-state index in [1.54, 1.807) is 6.07 Å². The fraction of sp³-hybridized carbons (Fsp3) is 0.524. The van der Waals surface area contributed by atoms with Crippen molar-refractivity contribution in [2.45, 2.75) is 45.4 Å². The third kappa shape index (κ3) is 2.05. The molecule has 4 aliphatic rings. The lowest BCUT2D eigenvalue weighted by atomic mass is 9.66. The van der Waals surface area contributed by atoms with Crippen LogP contribution in [0.15, 0.2) is 29.3 Å². The first-order chi connectivity index (χ1) is 12.1. The molecule has 3 aliphatic carbocycles. The molecule has 25 heavy (non-hydrogen) atoms. The maximum Gasteiger partial charge on any atom is 0.238 e. The molecule has 4 heteroatoms. The maximum absolute atomic E-state index is 13.3. The van der Waals surface area contributed by atoms with E-state index in [0.29, 0.717) is 22.5 Å².